The van der Waals surface area contributed by atoms with Crippen molar-refractivity contribution in [2.45, 2.75) is 38.8 Å². The van der Waals surface area contributed by atoms with Gasteiger partial charge in [0, 0.05) is 17.2 Å². The van der Waals surface area contributed by atoms with Crippen LogP contribution in [0.1, 0.15) is 31.9 Å². The number of fused-ring (bicyclic) bond motifs is 1. The van der Waals surface area contributed by atoms with Crippen molar-refractivity contribution >= 4 is 27.0 Å². The molecule has 1 aliphatic heterocycles. The number of aromatic nitrogens is 2. The van der Waals surface area contributed by atoms with Crippen LogP contribution in [-0.2, 0) is 6.42 Å². The fraction of sp³-hybridized carbons (Fsp3) is 0.556. The Morgan fingerprint density at radius 1 is 1.35 bits per heavy atom. The van der Waals surface area contributed by atoms with Crippen molar-refractivity contribution in [2.75, 3.05) is 19.6 Å². The molecular weight excluding hydrogens is 357 g/mol. The normalized spacial score (nSPS) is 22.6. The van der Waals surface area contributed by atoms with Gasteiger partial charge in [-0.15, -0.1) is 0 Å². The zero-order chi connectivity index (χ0) is 16.2. The van der Waals surface area contributed by atoms with Gasteiger partial charge in [0.05, 0.1) is 16.7 Å². The van der Waals surface area contributed by atoms with Gasteiger partial charge >= 0.3 is 0 Å². The summed E-state index contributed by atoms with van der Waals surface area (Å²) >= 11 is 3.47. The number of hydrogen-bond donors (Lipinski definition) is 0. The summed E-state index contributed by atoms with van der Waals surface area (Å²) in [5.74, 6) is 0.209. The number of rotatable bonds is 5. The topological polar surface area (TPSA) is 29.0 Å². The molecule has 3 nitrogen and oxygen atoms in total. The Morgan fingerprint density at radius 3 is 3.00 bits per heavy atom. The fourth-order valence-corrected chi connectivity index (χ4v) is 3.67. The van der Waals surface area contributed by atoms with Crippen LogP contribution in [0.3, 0.4) is 0 Å². The van der Waals surface area contributed by atoms with Crippen LogP contribution in [0.2, 0.25) is 0 Å². The molecule has 0 radical (unpaired) electrons. The van der Waals surface area contributed by atoms with Crippen LogP contribution in [0.15, 0.2) is 28.9 Å². The van der Waals surface area contributed by atoms with Gasteiger partial charge in [0.25, 0.3) is 0 Å². The molecule has 23 heavy (non-hydrogen) atoms. The van der Waals surface area contributed by atoms with E-state index in [1.807, 2.05) is 24.4 Å². The number of nitrogens with zero attached hydrogens (tertiary/aromatic N) is 3. The summed E-state index contributed by atoms with van der Waals surface area (Å²) in [7, 11) is 0. The first kappa shape index (κ1) is 16.8. The predicted octanol–water partition coefficient (Wildman–Crippen LogP) is 4.39. The highest BCUT2D eigenvalue weighted by atomic mass is 79.9. The Bertz CT molecular complexity index is 664. The molecule has 5 heteroatoms. The molecule has 0 saturated carbocycles. The highest BCUT2D eigenvalue weighted by Crippen LogP contribution is 2.25. The largest absolute Gasteiger partial charge is 0.301 e. The van der Waals surface area contributed by atoms with Gasteiger partial charge in [-0.3, -0.25) is 4.98 Å². The minimum atomic E-state index is -0.678. The monoisotopic (exact) mass is 379 g/mol. The molecule has 1 saturated heterocycles. The van der Waals surface area contributed by atoms with E-state index in [2.05, 4.69) is 37.7 Å². The van der Waals surface area contributed by atoms with Crippen molar-refractivity contribution in [1.29, 1.82) is 0 Å². The molecule has 0 bridgehead atoms. The number of halogens is 2. The molecular formula is C18H23BrFN3. The first-order valence-electron chi connectivity index (χ1n) is 8.43. The van der Waals surface area contributed by atoms with Crippen molar-refractivity contribution in [3.05, 3.63) is 34.6 Å². The molecule has 0 spiro atoms. The van der Waals surface area contributed by atoms with Crippen LogP contribution in [0.25, 0.3) is 11.0 Å². The van der Waals surface area contributed by atoms with Crippen LogP contribution in [0.4, 0.5) is 4.39 Å². The summed E-state index contributed by atoms with van der Waals surface area (Å²) in [5.41, 5.74) is 2.82. The van der Waals surface area contributed by atoms with Crippen molar-refractivity contribution in [2.24, 2.45) is 5.92 Å². The lowest BCUT2D eigenvalue weighted by Crippen LogP contribution is -2.41. The maximum Gasteiger partial charge on any atom is 0.116 e. The molecule has 0 N–H and O–H groups in total. The molecule has 124 valence electrons. The zero-order valence-electron chi connectivity index (χ0n) is 13.5. The number of alkyl halides is 1. The summed E-state index contributed by atoms with van der Waals surface area (Å²) in [6.07, 6.45) is 4.94. The smallest absolute Gasteiger partial charge is 0.116 e. The lowest BCUT2D eigenvalue weighted by Gasteiger charge is -2.34. The lowest BCUT2D eigenvalue weighted by atomic mass is 9.90. The van der Waals surface area contributed by atoms with Crippen molar-refractivity contribution < 1.29 is 4.39 Å². The molecule has 1 aromatic heterocycles. The first-order valence-corrected chi connectivity index (χ1v) is 9.22. The van der Waals surface area contributed by atoms with E-state index in [0.717, 1.165) is 60.0 Å². The van der Waals surface area contributed by atoms with E-state index in [4.69, 9.17) is 0 Å². The number of piperidine rings is 1. The van der Waals surface area contributed by atoms with E-state index in [1.165, 1.54) is 0 Å². The average Bonchev–Trinajstić information content (AvgIpc) is 2.56. The maximum atomic E-state index is 14.2. The zero-order valence-corrected chi connectivity index (χ0v) is 15.1. The van der Waals surface area contributed by atoms with Crippen molar-refractivity contribution in [1.82, 2.24) is 14.9 Å². The SMILES string of the molecule is CCN1CCC(CCCc2cnc3ccc(Br)cc3n2)C(F)C1. The number of likely N-dealkylation sites (tertiary alicyclic amines) is 1. The third-order valence-electron chi connectivity index (χ3n) is 4.77. The summed E-state index contributed by atoms with van der Waals surface area (Å²) in [6.45, 7) is 4.69. The van der Waals surface area contributed by atoms with Crippen molar-refractivity contribution in [3.63, 3.8) is 0 Å². The van der Waals surface area contributed by atoms with E-state index in [-0.39, 0.29) is 5.92 Å². The molecule has 1 aromatic carbocycles. The van der Waals surface area contributed by atoms with Crippen molar-refractivity contribution in [3.8, 4) is 0 Å². The fourth-order valence-electron chi connectivity index (χ4n) is 3.32. The summed E-state index contributed by atoms with van der Waals surface area (Å²) in [6, 6.07) is 5.93. The predicted molar refractivity (Wildman–Crippen MR) is 95.3 cm³/mol. The summed E-state index contributed by atoms with van der Waals surface area (Å²) in [4.78, 5) is 11.3. The Labute approximate surface area is 145 Å². The van der Waals surface area contributed by atoms with Gasteiger partial charge in [-0.1, -0.05) is 22.9 Å². The van der Waals surface area contributed by atoms with Gasteiger partial charge in [-0.05, 0) is 62.9 Å². The summed E-state index contributed by atoms with van der Waals surface area (Å²) < 4.78 is 15.2. The minimum Gasteiger partial charge on any atom is -0.301 e. The Morgan fingerprint density at radius 2 is 2.22 bits per heavy atom. The van der Waals surface area contributed by atoms with E-state index < -0.39 is 6.17 Å². The van der Waals surface area contributed by atoms with Gasteiger partial charge in [0.1, 0.15) is 6.17 Å². The molecule has 0 aliphatic carbocycles. The number of hydrogen-bond acceptors (Lipinski definition) is 3. The standard InChI is InChI=1S/C18H23BrFN3/c1-2-23-9-8-13(16(20)12-23)4-3-5-15-11-21-17-7-6-14(19)10-18(17)22-15/h6-7,10-11,13,16H,2-5,8-9,12H2,1H3. The highest BCUT2D eigenvalue weighted by Gasteiger charge is 2.27. The first-order chi connectivity index (χ1) is 11.2. The lowest BCUT2D eigenvalue weighted by molar-refractivity contribution is 0.0829. The third kappa shape index (κ3) is 4.27. The van der Waals surface area contributed by atoms with Crippen LogP contribution in [0, 0.1) is 5.92 Å². The second-order valence-corrected chi connectivity index (χ2v) is 7.26. The third-order valence-corrected chi connectivity index (χ3v) is 5.26. The Hall–Kier alpha value is -1.07. The second kappa shape index (κ2) is 7.67. The van der Waals surface area contributed by atoms with Crippen LogP contribution >= 0.6 is 15.9 Å². The number of aryl methyl sites for hydroxylation is 1. The Kier molecular flexibility index (Phi) is 5.59. The molecule has 1 fully saturated rings. The van der Waals surface area contributed by atoms with Gasteiger partial charge < -0.3 is 4.90 Å². The van der Waals surface area contributed by atoms with E-state index in [1.54, 1.807) is 0 Å². The Balaban J connectivity index is 1.54. The molecule has 2 heterocycles. The maximum absolute atomic E-state index is 14.2. The van der Waals surface area contributed by atoms with Gasteiger partial charge in [0.2, 0.25) is 0 Å². The molecule has 3 rings (SSSR count). The van der Waals surface area contributed by atoms with Crippen LogP contribution in [-0.4, -0.2) is 40.7 Å². The molecule has 2 atom stereocenters. The van der Waals surface area contributed by atoms with E-state index in [9.17, 15) is 4.39 Å². The molecule has 2 unspecified atom stereocenters. The van der Waals surface area contributed by atoms with E-state index >= 15 is 0 Å². The van der Waals surface area contributed by atoms with Gasteiger partial charge in [0.15, 0.2) is 0 Å². The van der Waals surface area contributed by atoms with Gasteiger partial charge in [-0.25, -0.2) is 9.37 Å². The number of benzene rings is 1. The molecule has 1 aliphatic rings. The summed E-state index contributed by atoms with van der Waals surface area (Å²) in [5, 5.41) is 0. The van der Waals surface area contributed by atoms with E-state index in [0.29, 0.717) is 6.54 Å². The minimum absolute atomic E-state index is 0.209. The second-order valence-electron chi connectivity index (χ2n) is 6.34. The molecule has 2 aromatic rings. The highest BCUT2D eigenvalue weighted by molar-refractivity contribution is 9.10. The van der Waals surface area contributed by atoms with Crippen LogP contribution in [0.5, 0.6) is 0 Å². The molecule has 0 amide bonds. The van der Waals surface area contributed by atoms with Gasteiger partial charge in [-0.2, -0.15) is 0 Å². The average molecular weight is 380 g/mol. The quantitative estimate of drug-likeness (QED) is 0.770. The van der Waals surface area contributed by atoms with Crippen LogP contribution < -0.4 is 0 Å².